The standard InChI is InChI=1S/C13H16ClN3S/c1-7-5-11(6-15-13(7)14)16-8(2)12-9(3)18-10(4)17-12/h5-6,8,16H,1-4H3. The molecule has 0 bridgehead atoms. The van der Waals surface area contributed by atoms with Gasteiger partial charge in [0.2, 0.25) is 0 Å². The Bertz CT molecular complexity index is 565. The number of aromatic nitrogens is 2. The van der Waals surface area contributed by atoms with Crippen LogP contribution in [0.15, 0.2) is 12.3 Å². The van der Waals surface area contributed by atoms with Crippen LogP contribution in [0.4, 0.5) is 5.69 Å². The van der Waals surface area contributed by atoms with Crippen LogP contribution in [-0.2, 0) is 0 Å². The van der Waals surface area contributed by atoms with Gasteiger partial charge in [0, 0.05) is 4.88 Å². The molecule has 18 heavy (non-hydrogen) atoms. The zero-order valence-electron chi connectivity index (χ0n) is 10.9. The molecule has 0 aliphatic rings. The van der Waals surface area contributed by atoms with Crippen LogP contribution in [0.1, 0.15) is 34.1 Å². The fourth-order valence-electron chi connectivity index (χ4n) is 1.90. The summed E-state index contributed by atoms with van der Waals surface area (Å²) in [6.07, 6.45) is 1.75. The molecule has 0 fully saturated rings. The Morgan fingerprint density at radius 1 is 1.33 bits per heavy atom. The maximum atomic E-state index is 5.91. The number of nitrogens with one attached hydrogen (secondary N) is 1. The highest BCUT2D eigenvalue weighted by atomic mass is 35.5. The molecule has 2 aromatic rings. The summed E-state index contributed by atoms with van der Waals surface area (Å²) in [5, 5.41) is 5.05. The molecule has 1 N–H and O–H groups in total. The van der Waals surface area contributed by atoms with Crippen molar-refractivity contribution in [2.75, 3.05) is 5.32 Å². The molecular formula is C13H16ClN3S. The van der Waals surface area contributed by atoms with Gasteiger partial charge in [0.05, 0.1) is 28.6 Å². The molecule has 2 heterocycles. The molecule has 0 aromatic carbocycles. The first-order valence-corrected chi connectivity index (χ1v) is 6.99. The lowest BCUT2D eigenvalue weighted by Gasteiger charge is -2.14. The summed E-state index contributed by atoms with van der Waals surface area (Å²) >= 11 is 7.64. The number of aryl methyl sites for hydroxylation is 3. The van der Waals surface area contributed by atoms with Crippen molar-refractivity contribution >= 4 is 28.6 Å². The van der Waals surface area contributed by atoms with Crippen molar-refractivity contribution in [3.8, 4) is 0 Å². The van der Waals surface area contributed by atoms with Crippen LogP contribution in [0.3, 0.4) is 0 Å². The first-order chi connectivity index (χ1) is 8.47. The van der Waals surface area contributed by atoms with E-state index in [0.29, 0.717) is 5.15 Å². The number of hydrogen-bond donors (Lipinski definition) is 1. The quantitative estimate of drug-likeness (QED) is 0.853. The van der Waals surface area contributed by atoms with Crippen LogP contribution in [-0.4, -0.2) is 9.97 Å². The van der Waals surface area contributed by atoms with Crippen molar-refractivity contribution in [3.63, 3.8) is 0 Å². The summed E-state index contributed by atoms with van der Waals surface area (Å²) in [6.45, 7) is 8.18. The van der Waals surface area contributed by atoms with E-state index in [1.807, 2.05) is 19.9 Å². The van der Waals surface area contributed by atoms with Gasteiger partial charge in [-0.3, -0.25) is 0 Å². The maximum Gasteiger partial charge on any atom is 0.132 e. The second kappa shape index (κ2) is 5.24. The molecule has 0 radical (unpaired) electrons. The van der Waals surface area contributed by atoms with Gasteiger partial charge in [0.15, 0.2) is 0 Å². The average Bonchev–Trinajstić information content (AvgIpc) is 2.63. The second-order valence-corrected chi connectivity index (χ2v) is 6.14. The number of anilines is 1. The predicted octanol–water partition coefficient (Wildman–Crippen LogP) is 4.29. The molecule has 0 spiro atoms. The maximum absolute atomic E-state index is 5.91. The zero-order valence-corrected chi connectivity index (χ0v) is 12.5. The number of halogens is 1. The lowest BCUT2D eigenvalue weighted by molar-refractivity contribution is 0.835. The van der Waals surface area contributed by atoms with Crippen molar-refractivity contribution in [1.82, 2.24) is 9.97 Å². The van der Waals surface area contributed by atoms with Crippen LogP contribution >= 0.6 is 22.9 Å². The minimum Gasteiger partial charge on any atom is -0.376 e. The van der Waals surface area contributed by atoms with Gasteiger partial charge in [-0.2, -0.15) is 0 Å². The van der Waals surface area contributed by atoms with Gasteiger partial charge in [-0.15, -0.1) is 11.3 Å². The zero-order chi connectivity index (χ0) is 13.3. The van der Waals surface area contributed by atoms with Crippen LogP contribution < -0.4 is 5.32 Å². The summed E-state index contributed by atoms with van der Waals surface area (Å²) in [4.78, 5) is 9.95. The molecular weight excluding hydrogens is 266 g/mol. The minimum atomic E-state index is 0.164. The topological polar surface area (TPSA) is 37.8 Å². The molecule has 0 amide bonds. The highest BCUT2D eigenvalue weighted by Crippen LogP contribution is 2.26. The average molecular weight is 282 g/mol. The third-order valence-electron chi connectivity index (χ3n) is 2.75. The van der Waals surface area contributed by atoms with Gasteiger partial charge in [-0.05, 0) is 39.3 Å². The van der Waals surface area contributed by atoms with E-state index in [4.69, 9.17) is 11.6 Å². The third-order valence-corrected chi connectivity index (χ3v) is 4.04. The summed E-state index contributed by atoms with van der Waals surface area (Å²) < 4.78 is 0. The number of hydrogen-bond acceptors (Lipinski definition) is 4. The lowest BCUT2D eigenvalue weighted by atomic mass is 10.2. The van der Waals surface area contributed by atoms with Gasteiger partial charge in [0.25, 0.3) is 0 Å². The van der Waals surface area contributed by atoms with E-state index < -0.39 is 0 Å². The molecule has 1 atom stereocenters. The van der Waals surface area contributed by atoms with Gasteiger partial charge in [0.1, 0.15) is 5.15 Å². The number of nitrogens with zero attached hydrogens (tertiary/aromatic N) is 2. The van der Waals surface area contributed by atoms with E-state index >= 15 is 0 Å². The number of thiazole rings is 1. The fourth-order valence-corrected chi connectivity index (χ4v) is 2.92. The van der Waals surface area contributed by atoms with Gasteiger partial charge in [-0.1, -0.05) is 11.6 Å². The van der Waals surface area contributed by atoms with E-state index in [-0.39, 0.29) is 6.04 Å². The third kappa shape index (κ3) is 2.82. The van der Waals surface area contributed by atoms with Gasteiger partial charge < -0.3 is 5.32 Å². The smallest absolute Gasteiger partial charge is 0.132 e. The van der Waals surface area contributed by atoms with Crippen LogP contribution in [0.5, 0.6) is 0 Å². The van der Waals surface area contributed by atoms with E-state index in [1.165, 1.54) is 4.88 Å². The summed E-state index contributed by atoms with van der Waals surface area (Å²) in [7, 11) is 0. The first kappa shape index (κ1) is 13.3. The SMILES string of the molecule is Cc1nc(C(C)Nc2cnc(Cl)c(C)c2)c(C)s1. The van der Waals surface area contributed by atoms with Crippen molar-refractivity contribution < 1.29 is 0 Å². The predicted molar refractivity (Wildman–Crippen MR) is 77.6 cm³/mol. The summed E-state index contributed by atoms with van der Waals surface area (Å²) in [6, 6.07) is 2.16. The van der Waals surface area contributed by atoms with Crippen molar-refractivity contribution in [1.29, 1.82) is 0 Å². The molecule has 2 aromatic heterocycles. The summed E-state index contributed by atoms with van der Waals surface area (Å²) in [5.74, 6) is 0. The van der Waals surface area contributed by atoms with Gasteiger partial charge >= 0.3 is 0 Å². The van der Waals surface area contributed by atoms with Crippen molar-refractivity contribution in [3.05, 3.63) is 38.6 Å². The van der Waals surface area contributed by atoms with Crippen molar-refractivity contribution in [2.45, 2.75) is 33.7 Å². The Kier molecular flexibility index (Phi) is 3.88. The molecule has 0 saturated heterocycles. The van der Waals surface area contributed by atoms with Crippen molar-refractivity contribution in [2.24, 2.45) is 0 Å². The Morgan fingerprint density at radius 3 is 2.61 bits per heavy atom. The molecule has 3 nitrogen and oxygen atoms in total. The van der Waals surface area contributed by atoms with Crippen LogP contribution in [0.2, 0.25) is 5.15 Å². The molecule has 1 unspecified atom stereocenters. The number of rotatable bonds is 3. The normalized spacial score (nSPS) is 12.5. The van der Waals surface area contributed by atoms with E-state index in [2.05, 4.69) is 29.1 Å². The highest BCUT2D eigenvalue weighted by Gasteiger charge is 2.13. The Hall–Kier alpha value is -1.13. The lowest BCUT2D eigenvalue weighted by Crippen LogP contribution is -2.08. The first-order valence-electron chi connectivity index (χ1n) is 5.80. The van der Waals surface area contributed by atoms with E-state index in [1.54, 1.807) is 17.5 Å². The Labute approximate surface area is 116 Å². The Morgan fingerprint density at radius 2 is 2.06 bits per heavy atom. The van der Waals surface area contributed by atoms with E-state index in [0.717, 1.165) is 22.0 Å². The monoisotopic (exact) mass is 281 g/mol. The molecule has 96 valence electrons. The second-order valence-electron chi connectivity index (χ2n) is 4.37. The van der Waals surface area contributed by atoms with Crippen LogP contribution in [0, 0.1) is 20.8 Å². The van der Waals surface area contributed by atoms with E-state index in [9.17, 15) is 0 Å². The number of pyridine rings is 1. The molecule has 5 heteroatoms. The molecule has 2 rings (SSSR count). The molecule has 0 aliphatic heterocycles. The largest absolute Gasteiger partial charge is 0.376 e. The Balaban J connectivity index is 2.18. The van der Waals surface area contributed by atoms with Gasteiger partial charge in [-0.25, -0.2) is 9.97 Å². The molecule has 0 saturated carbocycles. The minimum absolute atomic E-state index is 0.164. The molecule has 0 aliphatic carbocycles. The highest BCUT2D eigenvalue weighted by molar-refractivity contribution is 7.11. The van der Waals surface area contributed by atoms with Crippen LogP contribution in [0.25, 0.3) is 0 Å². The fraction of sp³-hybridized carbons (Fsp3) is 0.385. The summed E-state index contributed by atoms with van der Waals surface area (Å²) in [5.41, 5.74) is 3.04.